The van der Waals surface area contributed by atoms with Crippen LogP contribution in [0.5, 0.6) is 0 Å². The maximum absolute atomic E-state index is 13.9. The second-order valence-electron chi connectivity index (χ2n) is 9.44. The lowest BCUT2D eigenvalue weighted by Gasteiger charge is -2.44. The number of carbonyl (C=O) groups excluding carboxylic acids is 1. The molecule has 0 amide bonds. The number of ketones is 1. The Balaban J connectivity index is 1.44. The zero-order valence-electron chi connectivity index (χ0n) is 20.0. The molecule has 1 aliphatic heterocycles. The van der Waals surface area contributed by atoms with Gasteiger partial charge in [0, 0.05) is 13.1 Å². The van der Waals surface area contributed by atoms with Crippen LogP contribution in [0.1, 0.15) is 33.9 Å². The Kier molecular flexibility index (Phi) is 5.46. The zero-order valence-corrected chi connectivity index (χ0v) is 20.8. The number of benzene rings is 2. The van der Waals surface area contributed by atoms with Gasteiger partial charge in [0.05, 0.1) is 34.1 Å². The third kappa shape index (κ3) is 3.84. The van der Waals surface area contributed by atoms with E-state index < -0.39 is 15.4 Å². The summed E-state index contributed by atoms with van der Waals surface area (Å²) in [5, 5.41) is 4.50. The highest BCUT2D eigenvalue weighted by atomic mass is 32.2. The van der Waals surface area contributed by atoms with E-state index in [1.807, 2.05) is 19.1 Å². The van der Waals surface area contributed by atoms with Gasteiger partial charge in [-0.25, -0.2) is 22.5 Å². The SMILES string of the molecule is Cc1cccc(S(=O)(=O)N2CCC3=Cc4c(cnn4-c4ccc(F)cc4)CC3(C(=O)c3ncco3)C2)c1. The van der Waals surface area contributed by atoms with Gasteiger partial charge in [0.25, 0.3) is 5.89 Å². The van der Waals surface area contributed by atoms with E-state index in [4.69, 9.17) is 4.42 Å². The van der Waals surface area contributed by atoms with Crippen molar-refractivity contribution in [3.05, 3.63) is 101 Å². The number of halogens is 1. The lowest BCUT2D eigenvalue weighted by atomic mass is 9.66. The van der Waals surface area contributed by atoms with Crippen LogP contribution in [0.15, 0.2) is 82.1 Å². The average molecular weight is 519 g/mol. The molecule has 37 heavy (non-hydrogen) atoms. The lowest BCUT2D eigenvalue weighted by Crippen LogP contribution is -2.53. The van der Waals surface area contributed by atoms with Gasteiger partial charge in [-0.1, -0.05) is 17.7 Å². The van der Waals surface area contributed by atoms with Crippen LogP contribution in [0.4, 0.5) is 4.39 Å². The van der Waals surface area contributed by atoms with Crippen LogP contribution in [-0.4, -0.2) is 46.4 Å². The van der Waals surface area contributed by atoms with Gasteiger partial charge in [-0.3, -0.25) is 4.79 Å². The van der Waals surface area contributed by atoms with E-state index in [-0.39, 0.29) is 41.9 Å². The van der Waals surface area contributed by atoms with Gasteiger partial charge >= 0.3 is 0 Å². The van der Waals surface area contributed by atoms with Gasteiger partial charge in [-0.05, 0) is 73.4 Å². The summed E-state index contributed by atoms with van der Waals surface area (Å²) in [7, 11) is -3.85. The molecule has 0 saturated carbocycles. The minimum Gasteiger partial charge on any atom is -0.442 e. The van der Waals surface area contributed by atoms with Crippen LogP contribution >= 0.6 is 0 Å². The molecule has 1 atom stereocenters. The molecule has 188 valence electrons. The molecule has 1 unspecified atom stereocenters. The number of hydrogen-bond acceptors (Lipinski definition) is 6. The molecule has 10 heteroatoms. The number of nitrogens with zero attached hydrogens (tertiary/aromatic N) is 4. The van der Waals surface area contributed by atoms with Crippen LogP contribution in [0.3, 0.4) is 0 Å². The number of carbonyl (C=O) groups is 1. The van der Waals surface area contributed by atoms with Gasteiger partial charge in [0.2, 0.25) is 15.8 Å². The molecule has 8 nitrogen and oxygen atoms in total. The normalized spacial score (nSPS) is 19.7. The lowest BCUT2D eigenvalue weighted by molar-refractivity contribution is 0.0737. The highest BCUT2D eigenvalue weighted by Crippen LogP contribution is 2.47. The Morgan fingerprint density at radius 2 is 1.97 bits per heavy atom. The number of aromatic nitrogens is 3. The maximum atomic E-state index is 13.9. The zero-order chi connectivity index (χ0) is 25.8. The minimum absolute atomic E-state index is 0.0442. The largest absolute Gasteiger partial charge is 0.442 e. The summed E-state index contributed by atoms with van der Waals surface area (Å²) >= 11 is 0. The standard InChI is InChI=1S/C27H23FN4O4S/c1-18-3-2-4-23(13-18)37(34,35)31-11-9-20-14-24-19(16-30-32(24)22-7-5-21(28)6-8-22)15-27(20,17-31)25(33)26-29-10-12-36-26/h2-8,10,12-14,16H,9,11,15,17H2,1H3. The predicted molar refractivity (Wildman–Crippen MR) is 133 cm³/mol. The molecule has 3 heterocycles. The second kappa shape index (κ2) is 8.60. The number of rotatable bonds is 5. The van der Waals surface area contributed by atoms with Crippen LogP contribution in [0.2, 0.25) is 0 Å². The third-order valence-electron chi connectivity index (χ3n) is 7.14. The molecule has 0 N–H and O–H groups in total. The van der Waals surface area contributed by atoms with E-state index in [2.05, 4.69) is 10.1 Å². The van der Waals surface area contributed by atoms with E-state index in [0.29, 0.717) is 12.1 Å². The fourth-order valence-electron chi connectivity index (χ4n) is 5.27. The summed E-state index contributed by atoms with van der Waals surface area (Å²) in [4.78, 5) is 18.2. The highest BCUT2D eigenvalue weighted by Gasteiger charge is 2.52. The Morgan fingerprint density at radius 3 is 2.70 bits per heavy atom. The number of Topliss-reactive ketones (excluding diaryl/α,β-unsaturated/α-hetero) is 1. The summed E-state index contributed by atoms with van der Waals surface area (Å²) in [6.45, 7) is 2.02. The van der Waals surface area contributed by atoms with Crippen molar-refractivity contribution in [2.75, 3.05) is 13.1 Å². The Morgan fingerprint density at radius 1 is 1.16 bits per heavy atom. The molecule has 6 rings (SSSR count). The smallest absolute Gasteiger partial charge is 0.264 e. The summed E-state index contributed by atoms with van der Waals surface area (Å²) in [6, 6.07) is 12.8. The van der Waals surface area contributed by atoms with Crippen LogP contribution < -0.4 is 0 Å². The molecule has 2 aromatic heterocycles. The first-order chi connectivity index (χ1) is 17.8. The van der Waals surface area contributed by atoms with Crippen molar-refractivity contribution in [2.24, 2.45) is 5.41 Å². The molecule has 1 fully saturated rings. The number of oxazole rings is 1. The molecule has 4 aromatic rings. The topological polar surface area (TPSA) is 98.3 Å². The van der Waals surface area contributed by atoms with Crippen molar-refractivity contribution in [3.8, 4) is 5.69 Å². The van der Waals surface area contributed by atoms with Crippen LogP contribution in [-0.2, 0) is 16.4 Å². The summed E-state index contributed by atoms with van der Waals surface area (Å²) < 4.78 is 49.2. The maximum Gasteiger partial charge on any atom is 0.264 e. The van der Waals surface area contributed by atoms with E-state index in [0.717, 1.165) is 22.4 Å². The Hall–Kier alpha value is -3.89. The van der Waals surface area contributed by atoms with Crippen molar-refractivity contribution in [1.82, 2.24) is 19.1 Å². The second-order valence-corrected chi connectivity index (χ2v) is 11.4. The molecule has 0 spiro atoms. The number of piperidine rings is 1. The molecule has 0 radical (unpaired) electrons. The fraction of sp³-hybridized carbons (Fsp3) is 0.222. The first kappa shape index (κ1) is 23.5. The van der Waals surface area contributed by atoms with Gasteiger partial charge in [0.15, 0.2) is 0 Å². The van der Waals surface area contributed by atoms with Crippen molar-refractivity contribution in [3.63, 3.8) is 0 Å². The first-order valence-electron chi connectivity index (χ1n) is 11.8. The summed E-state index contributed by atoms with van der Waals surface area (Å²) in [6.07, 6.45) is 6.90. The summed E-state index contributed by atoms with van der Waals surface area (Å²) in [5.74, 6) is -0.774. The number of fused-ring (bicyclic) bond motifs is 2. The van der Waals surface area contributed by atoms with E-state index in [9.17, 15) is 17.6 Å². The van der Waals surface area contributed by atoms with Crippen LogP contribution in [0.25, 0.3) is 11.8 Å². The third-order valence-corrected chi connectivity index (χ3v) is 8.98. The number of sulfonamides is 1. The van der Waals surface area contributed by atoms with Crippen molar-refractivity contribution in [1.29, 1.82) is 0 Å². The monoisotopic (exact) mass is 518 g/mol. The first-order valence-corrected chi connectivity index (χ1v) is 13.3. The van der Waals surface area contributed by atoms with Crippen LogP contribution in [0, 0.1) is 18.2 Å². The quantitative estimate of drug-likeness (QED) is 0.367. The van der Waals surface area contributed by atoms with Crippen molar-refractivity contribution >= 4 is 21.9 Å². The minimum atomic E-state index is -3.85. The summed E-state index contributed by atoms with van der Waals surface area (Å²) in [5.41, 5.74) is 2.69. The van der Waals surface area contributed by atoms with E-state index in [1.165, 1.54) is 28.9 Å². The van der Waals surface area contributed by atoms with Crippen molar-refractivity contribution < 1.29 is 22.0 Å². The van der Waals surface area contributed by atoms with Gasteiger partial charge in [-0.15, -0.1) is 0 Å². The fourth-order valence-corrected chi connectivity index (χ4v) is 6.88. The molecule has 1 saturated heterocycles. The molecular weight excluding hydrogens is 495 g/mol. The van der Waals surface area contributed by atoms with Gasteiger partial charge < -0.3 is 4.42 Å². The number of hydrogen-bond donors (Lipinski definition) is 0. The van der Waals surface area contributed by atoms with Gasteiger partial charge in [-0.2, -0.15) is 9.40 Å². The van der Waals surface area contributed by atoms with Crippen molar-refractivity contribution in [2.45, 2.75) is 24.7 Å². The van der Waals surface area contributed by atoms with E-state index >= 15 is 0 Å². The molecule has 0 bridgehead atoms. The average Bonchev–Trinajstić information content (AvgIpc) is 3.57. The Labute approximate surface area is 213 Å². The van der Waals surface area contributed by atoms with E-state index in [1.54, 1.807) is 41.2 Å². The molecular formula is C27H23FN4O4S. The highest BCUT2D eigenvalue weighted by molar-refractivity contribution is 7.89. The molecule has 2 aromatic carbocycles. The Bertz CT molecular complexity index is 1640. The molecule has 1 aliphatic carbocycles. The molecule has 2 aliphatic rings. The predicted octanol–water partition coefficient (Wildman–Crippen LogP) is 4.21. The van der Waals surface area contributed by atoms with Gasteiger partial charge in [0.1, 0.15) is 12.1 Å². The number of aryl methyl sites for hydroxylation is 1.